The number of alkyl halides is 3. The fourth-order valence-electron chi connectivity index (χ4n) is 2.42. The van der Waals surface area contributed by atoms with Gasteiger partial charge in [-0.3, -0.25) is 0 Å². The van der Waals surface area contributed by atoms with Crippen molar-refractivity contribution in [1.29, 1.82) is 0 Å². The SMILES string of the molecule is Cc1ccc(-c2cccc(Br)c2)cc1Oc1cccc(C(F)(F)F)c1. The van der Waals surface area contributed by atoms with Crippen LogP contribution in [0.25, 0.3) is 11.1 Å². The van der Waals surface area contributed by atoms with Crippen molar-refractivity contribution in [3.05, 3.63) is 82.3 Å². The van der Waals surface area contributed by atoms with Crippen molar-refractivity contribution in [2.24, 2.45) is 0 Å². The minimum atomic E-state index is -4.40. The molecule has 0 atom stereocenters. The minimum absolute atomic E-state index is 0.157. The van der Waals surface area contributed by atoms with E-state index in [1.165, 1.54) is 12.1 Å². The number of rotatable bonds is 3. The van der Waals surface area contributed by atoms with Gasteiger partial charge in [-0.1, -0.05) is 46.3 Å². The summed E-state index contributed by atoms with van der Waals surface area (Å²) in [5.74, 6) is 0.682. The van der Waals surface area contributed by atoms with Gasteiger partial charge < -0.3 is 4.74 Å². The molecule has 0 saturated carbocycles. The van der Waals surface area contributed by atoms with E-state index in [0.717, 1.165) is 33.3 Å². The van der Waals surface area contributed by atoms with Crippen molar-refractivity contribution in [3.8, 4) is 22.6 Å². The third-order valence-corrected chi connectivity index (χ3v) is 4.23. The lowest BCUT2D eigenvalue weighted by Gasteiger charge is -2.13. The van der Waals surface area contributed by atoms with Crippen LogP contribution in [-0.2, 0) is 6.18 Å². The molecule has 0 unspecified atom stereocenters. The zero-order valence-corrected chi connectivity index (χ0v) is 14.9. The Hall–Kier alpha value is -2.27. The Morgan fingerprint density at radius 3 is 2.28 bits per heavy atom. The van der Waals surface area contributed by atoms with Gasteiger partial charge in [0.25, 0.3) is 0 Å². The first-order valence-electron chi connectivity index (χ1n) is 7.54. The molecule has 0 bridgehead atoms. The van der Waals surface area contributed by atoms with Gasteiger partial charge in [0.15, 0.2) is 0 Å². The van der Waals surface area contributed by atoms with Crippen molar-refractivity contribution in [3.63, 3.8) is 0 Å². The van der Waals surface area contributed by atoms with Gasteiger partial charge in [-0.2, -0.15) is 13.2 Å². The van der Waals surface area contributed by atoms with Gasteiger partial charge >= 0.3 is 6.18 Å². The van der Waals surface area contributed by atoms with Crippen LogP contribution in [0.3, 0.4) is 0 Å². The fraction of sp³-hybridized carbons (Fsp3) is 0.100. The molecule has 0 aliphatic rings. The summed E-state index contributed by atoms with van der Waals surface area (Å²) in [5.41, 5.74) is 2.03. The first kappa shape index (κ1) is 17.5. The molecule has 1 nitrogen and oxygen atoms in total. The number of hydrogen-bond acceptors (Lipinski definition) is 1. The predicted octanol–water partition coefficient (Wildman–Crippen LogP) is 7.24. The largest absolute Gasteiger partial charge is 0.457 e. The quantitative estimate of drug-likeness (QED) is 0.445. The molecular weight excluding hydrogens is 393 g/mol. The molecule has 3 aromatic carbocycles. The van der Waals surface area contributed by atoms with Crippen LogP contribution in [0.2, 0.25) is 0 Å². The fourth-order valence-corrected chi connectivity index (χ4v) is 2.82. The molecule has 0 heterocycles. The highest BCUT2D eigenvalue weighted by molar-refractivity contribution is 9.10. The monoisotopic (exact) mass is 406 g/mol. The second-order valence-corrected chi connectivity index (χ2v) is 6.53. The van der Waals surface area contributed by atoms with Crippen LogP contribution >= 0.6 is 15.9 Å². The van der Waals surface area contributed by atoms with Gasteiger partial charge in [0.2, 0.25) is 0 Å². The summed E-state index contributed by atoms with van der Waals surface area (Å²) >= 11 is 3.43. The van der Waals surface area contributed by atoms with Gasteiger partial charge in [-0.25, -0.2) is 0 Å². The van der Waals surface area contributed by atoms with Crippen molar-refractivity contribution >= 4 is 15.9 Å². The molecule has 0 saturated heterocycles. The lowest BCUT2D eigenvalue weighted by atomic mass is 10.0. The van der Waals surface area contributed by atoms with Crippen molar-refractivity contribution in [2.45, 2.75) is 13.1 Å². The van der Waals surface area contributed by atoms with E-state index in [9.17, 15) is 13.2 Å². The van der Waals surface area contributed by atoms with E-state index in [-0.39, 0.29) is 5.75 Å². The summed E-state index contributed by atoms with van der Waals surface area (Å²) in [6.07, 6.45) is -4.40. The lowest BCUT2D eigenvalue weighted by Crippen LogP contribution is -2.04. The smallest absolute Gasteiger partial charge is 0.416 e. The van der Waals surface area contributed by atoms with E-state index in [0.29, 0.717) is 5.75 Å². The summed E-state index contributed by atoms with van der Waals surface area (Å²) in [6, 6.07) is 18.3. The third kappa shape index (κ3) is 4.23. The molecular formula is C20H14BrF3O. The van der Waals surface area contributed by atoms with Gasteiger partial charge in [-0.05, 0) is 60.0 Å². The molecule has 25 heavy (non-hydrogen) atoms. The summed E-state index contributed by atoms with van der Waals surface area (Å²) in [5, 5.41) is 0. The summed E-state index contributed by atoms with van der Waals surface area (Å²) < 4.78 is 45.2. The number of halogens is 4. The first-order valence-corrected chi connectivity index (χ1v) is 8.34. The summed E-state index contributed by atoms with van der Waals surface area (Å²) in [4.78, 5) is 0. The van der Waals surface area contributed by atoms with Gasteiger partial charge in [0, 0.05) is 4.47 Å². The molecule has 5 heteroatoms. The topological polar surface area (TPSA) is 9.23 Å². The van der Waals surface area contributed by atoms with Crippen molar-refractivity contribution < 1.29 is 17.9 Å². The van der Waals surface area contributed by atoms with E-state index in [1.54, 1.807) is 0 Å². The van der Waals surface area contributed by atoms with Crippen LogP contribution in [0.1, 0.15) is 11.1 Å². The zero-order valence-electron chi connectivity index (χ0n) is 13.3. The van der Waals surface area contributed by atoms with E-state index in [2.05, 4.69) is 15.9 Å². The van der Waals surface area contributed by atoms with Gasteiger partial charge in [0.05, 0.1) is 5.56 Å². The molecule has 0 aliphatic carbocycles. The average Bonchev–Trinajstić information content (AvgIpc) is 2.56. The maximum absolute atomic E-state index is 12.8. The van der Waals surface area contributed by atoms with Crippen LogP contribution in [0.4, 0.5) is 13.2 Å². The highest BCUT2D eigenvalue weighted by atomic mass is 79.9. The molecule has 3 rings (SSSR count). The van der Waals surface area contributed by atoms with E-state index < -0.39 is 11.7 Å². The molecule has 3 aromatic rings. The van der Waals surface area contributed by atoms with E-state index >= 15 is 0 Å². The van der Waals surface area contributed by atoms with Crippen LogP contribution < -0.4 is 4.74 Å². The van der Waals surface area contributed by atoms with E-state index in [4.69, 9.17) is 4.74 Å². The highest BCUT2D eigenvalue weighted by Gasteiger charge is 2.30. The maximum Gasteiger partial charge on any atom is 0.416 e. The summed E-state index contributed by atoms with van der Waals surface area (Å²) in [6.45, 7) is 1.85. The van der Waals surface area contributed by atoms with Crippen molar-refractivity contribution in [1.82, 2.24) is 0 Å². The zero-order chi connectivity index (χ0) is 18.0. The number of ether oxygens (including phenoxy) is 1. The molecule has 0 fully saturated rings. The Morgan fingerprint density at radius 2 is 1.56 bits per heavy atom. The molecule has 0 spiro atoms. The highest BCUT2D eigenvalue weighted by Crippen LogP contribution is 2.35. The van der Waals surface area contributed by atoms with Crippen LogP contribution in [0.15, 0.2) is 71.2 Å². The molecule has 0 aromatic heterocycles. The lowest BCUT2D eigenvalue weighted by molar-refractivity contribution is -0.137. The molecule has 128 valence electrons. The number of benzene rings is 3. The number of aryl methyl sites for hydroxylation is 1. The maximum atomic E-state index is 12.8. The Morgan fingerprint density at radius 1 is 0.840 bits per heavy atom. The Bertz CT molecular complexity index is 903. The molecule has 0 radical (unpaired) electrons. The van der Waals surface area contributed by atoms with Crippen LogP contribution in [0.5, 0.6) is 11.5 Å². The van der Waals surface area contributed by atoms with Crippen LogP contribution in [0, 0.1) is 6.92 Å². The minimum Gasteiger partial charge on any atom is -0.457 e. The van der Waals surface area contributed by atoms with Gasteiger partial charge in [-0.15, -0.1) is 0 Å². The second kappa shape index (κ2) is 6.92. The Kier molecular flexibility index (Phi) is 4.86. The third-order valence-electron chi connectivity index (χ3n) is 3.74. The van der Waals surface area contributed by atoms with Crippen LogP contribution in [-0.4, -0.2) is 0 Å². The van der Waals surface area contributed by atoms with Gasteiger partial charge in [0.1, 0.15) is 11.5 Å². The Labute approximate surface area is 152 Å². The van der Waals surface area contributed by atoms with Crippen molar-refractivity contribution in [2.75, 3.05) is 0 Å². The molecule has 0 aliphatic heterocycles. The average molecular weight is 407 g/mol. The van der Waals surface area contributed by atoms with E-state index in [1.807, 2.05) is 49.4 Å². The molecule has 0 N–H and O–H groups in total. The Balaban J connectivity index is 1.94. The molecule has 0 amide bonds. The second-order valence-electron chi connectivity index (χ2n) is 5.62. The summed E-state index contributed by atoms with van der Waals surface area (Å²) in [7, 11) is 0. The normalized spacial score (nSPS) is 11.4. The predicted molar refractivity (Wildman–Crippen MR) is 95.8 cm³/mol. The standard InChI is InChI=1S/C20H14BrF3O/c1-13-8-9-15(14-4-2-6-17(21)10-14)11-19(13)25-18-7-3-5-16(12-18)20(22,23)24/h2-12H,1H3. The number of hydrogen-bond donors (Lipinski definition) is 0. The first-order chi connectivity index (χ1) is 11.8.